The zero-order chi connectivity index (χ0) is 14.9. The summed E-state index contributed by atoms with van der Waals surface area (Å²) in [5.41, 5.74) is 2.46. The fourth-order valence-electron chi connectivity index (χ4n) is 1.92. The predicted molar refractivity (Wildman–Crippen MR) is 73.3 cm³/mol. The fourth-order valence-corrected chi connectivity index (χ4v) is 1.92. The molecule has 106 valence electrons. The van der Waals surface area contributed by atoms with Gasteiger partial charge in [-0.25, -0.2) is 9.78 Å². The minimum Gasteiger partial charge on any atom is -0.478 e. The van der Waals surface area contributed by atoms with Gasteiger partial charge in [0.25, 0.3) is 0 Å². The summed E-state index contributed by atoms with van der Waals surface area (Å²) in [5.74, 6) is -0.0999. The van der Waals surface area contributed by atoms with E-state index in [1.54, 1.807) is 10.7 Å². The zero-order valence-corrected chi connectivity index (χ0v) is 12.0. The maximum Gasteiger partial charge on any atom is 0.335 e. The van der Waals surface area contributed by atoms with Crippen molar-refractivity contribution in [2.75, 3.05) is 0 Å². The number of carboxylic acids is 1. The molecule has 0 amide bonds. The Morgan fingerprint density at radius 2 is 2.10 bits per heavy atom. The lowest BCUT2D eigenvalue weighted by molar-refractivity contribution is 0.0696. The molecule has 0 saturated heterocycles. The van der Waals surface area contributed by atoms with E-state index in [1.165, 1.54) is 6.07 Å². The maximum atomic E-state index is 11.1. The van der Waals surface area contributed by atoms with E-state index >= 15 is 0 Å². The summed E-state index contributed by atoms with van der Waals surface area (Å²) in [7, 11) is 1.83. The highest BCUT2D eigenvalue weighted by Crippen LogP contribution is 2.27. The third kappa shape index (κ3) is 2.64. The van der Waals surface area contributed by atoms with Crippen molar-refractivity contribution in [1.29, 1.82) is 0 Å². The summed E-state index contributed by atoms with van der Waals surface area (Å²) in [4.78, 5) is 15.4. The van der Waals surface area contributed by atoms with E-state index in [4.69, 9.17) is 9.84 Å². The molecule has 0 atom stereocenters. The van der Waals surface area contributed by atoms with Crippen LogP contribution in [0.25, 0.3) is 0 Å². The summed E-state index contributed by atoms with van der Waals surface area (Å²) in [6, 6.07) is 2.98. The molecule has 0 aliphatic carbocycles. The number of aromatic nitrogens is 3. The highest BCUT2D eigenvalue weighted by molar-refractivity contribution is 5.88. The molecular weight excluding hydrogens is 258 g/mol. The molecule has 0 bridgehead atoms. The number of aryl methyl sites for hydroxylation is 3. The van der Waals surface area contributed by atoms with Gasteiger partial charge in [-0.3, -0.25) is 4.68 Å². The fraction of sp³-hybridized carbons (Fsp3) is 0.357. The average molecular weight is 275 g/mol. The van der Waals surface area contributed by atoms with Crippen molar-refractivity contribution in [2.45, 2.75) is 27.2 Å². The van der Waals surface area contributed by atoms with Gasteiger partial charge >= 0.3 is 5.97 Å². The third-order valence-corrected chi connectivity index (χ3v) is 3.11. The smallest absolute Gasteiger partial charge is 0.335 e. The zero-order valence-electron chi connectivity index (χ0n) is 12.0. The summed E-state index contributed by atoms with van der Waals surface area (Å²) >= 11 is 0. The molecule has 2 aromatic rings. The molecule has 0 radical (unpaired) electrons. The molecule has 0 unspecified atom stereocenters. The van der Waals surface area contributed by atoms with Crippen LogP contribution < -0.4 is 4.74 Å². The van der Waals surface area contributed by atoms with E-state index in [1.807, 2.05) is 27.8 Å². The van der Waals surface area contributed by atoms with Gasteiger partial charge in [-0.1, -0.05) is 6.92 Å². The number of carboxylic acid groups (broad SMARTS) is 1. The Hall–Kier alpha value is -2.37. The number of pyridine rings is 1. The van der Waals surface area contributed by atoms with Gasteiger partial charge in [-0.05, 0) is 26.3 Å². The Bertz CT molecular complexity index is 662. The molecule has 6 heteroatoms. The SMILES string of the molecule is CCc1cc(C(=O)O)cc(Oc2c(C)nn(C)c2C)n1. The van der Waals surface area contributed by atoms with E-state index in [2.05, 4.69) is 10.1 Å². The van der Waals surface area contributed by atoms with Crippen LogP contribution >= 0.6 is 0 Å². The Labute approximate surface area is 117 Å². The normalized spacial score (nSPS) is 10.6. The van der Waals surface area contributed by atoms with Gasteiger partial charge in [0.2, 0.25) is 5.88 Å². The van der Waals surface area contributed by atoms with Gasteiger partial charge in [0, 0.05) is 18.8 Å². The molecule has 0 spiro atoms. The number of nitrogens with zero attached hydrogens (tertiary/aromatic N) is 3. The minimum atomic E-state index is -0.994. The van der Waals surface area contributed by atoms with Gasteiger partial charge in [0.15, 0.2) is 5.75 Å². The average Bonchev–Trinajstić information content (AvgIpc) is 2.65. The number of hydrogen-bond acceptors (Lipinski definition) is 4. The van der Waals surface area contributed by atoms with E-state index in [0.29, 0.717) is 17.9 Å². The maximum absolute atomic E-state index is 11.1. The van der Waals surface area contributed by atoms with Crippen molar-refractivity contribution < 1.29 is 14.6 Å². The Kier molecular flexibility index (Phi) is 3.74. The molecule has 2 heterocycles. The Morgan fingerprint density at radius 1 is 1.40 bits per heavy atom. The summed E-state index contributed by atoms with van der Waals surface area (Å²) in [6.07, 6.45) is 0.641. The minimum absolute atomic E-state index is 0.172. The van der Waals surface area contributed by atoms with E-state index < -0.39 is 5.97 Å². The van der Waals surface area contributed by atoms with Gasteiger partial charge in [0.05, 0.1) is 11.3 Å². The van der Waals surface area contributed by atoms with Crippen LogP contribution in [0.2, 0.25) is 0 Å². The van der Waals surface area contributed by atoms with Crippen LogP contribution in [0.3, 0.4) is 0 Å². The second-order valence-corrected chi connectivity index (χ2v) is 4.57. The largest absolute Gasteiger partial charge is 0.478 e. The first kappa shape index (κ1) is 14.0. The number of carbonyl (C=O) groups is 1. The first-order valence-corrected chi connectivity index (χ1v) is 6.34. The Balaban J connectivity index is 2.42. The number of rotatable bonds is 4. The lowest BCUT2D eigenvalue weighted by Crippen LogP contribution is -2.02. The quantitative estimate of drug-likeness (QED) is 0.927. The molecule has 2 aromatic heterocycles. The molecule has 0 saturated carbocycles. The van der Waals surface area contributed by atoms with Crippen molar-refractivity contribution in [1.82, 2.24) is 14.8 Å². The van der Waals surface area contributed by atoms with E-state index in [9.17, 15) is 4.79 Å². The highest BCUT2D eigenvalue weighted by Gasteiger charge is 2.14. The van der Waals surface area contributed by atoms with Crippen LogP contribution in [0.15, 0.2) is 12.1 Å². The van der Waals surface area contributed by atoms with E-state index in [-0.39, 0.29) is 11.4 Å². The molecule has 0 fully saturated rings. The van der Waals surface area contributed by atoms with Crippen LogP contribution in [0.1, 0.15) is 34.4 Å². The van der Waals surface area contributed by atoms with Crippen molar-refractivity contribution >= 4 is 5.97 Å². The van der Waals surface area contributed by atoms with E-state index in [0.717, 1.165) is 11.4 Å². The molecular formula is C14H17N3O3. The van der Waals surface area contributed by atoms with Crippen molar-refractivity contribution in [2.24, 2.45) is 7.05 Å². The second kappa shape index (κ2) is 5.32. The number of ether oxygens (including phenoxy) is 1. The third-order valence-electron chi connectivity index (χ3n) is 3.11. The number of hydrogen-bond donors (Lipinski definition) is 1. The monoisotopic (exact) mass is 275 g/mol. The van der Waals surface area contributed by atoms with Crippen LogP contribution in [0.5, 0.6) is 11.6 Å². The highest BCUT2D eigenvalue weighted by atomic mass is 16.5. The standard InChI is InChI=1S/C14H17N3O3/c1-5-11-6-10(14(18)19)7-12(15-11)20-13-8(2)16-17(4)9(13)3/h6-7H,5H2,1-4H3,(H,18,19). The lowest BCUT2D eigenvalue weighted by Gasteiger charge is -2.08. The summed E-state index contributed by atoms with van der Waals surface area (Å²) < 4.78 is 7.45. The second-order valence-electron chi connectivity index (χ2n) is 4.57. The van der Waals surface area contributed by atoms with Crippen LogP contribution in [0.4, 0.5) is 0 Å². The molecule has 6 nitrogen and oxygen atoms in total. The van der Waals surface area contributed by atoms with Gasteiger partial charge in [-0.2, -0.15) is 5.10 Å². The summed E-state index contributed by atoms with van der Waals surface area (Å²) in [5, 5.41) is 13.4. The first-order chi connectivity index (χ1) is 9.42. The van der Waals surface area contributed by atoms with Gasteiger partial charge in [-0.15, -0.1) is 0 Å². The topological polar surface area (TPSA) is 77.2 Å². The molecule has 20 heavy (non-hydrogen) atoms. The molecule has 2 rings (SSSR count). The summed E-state index contributed by atoms with van der Waals surface area (Å²) in [6.45, 7) is 5.64. The number of aromatic carboxylic acids is 1. The van der Waals surface area contributed by atoms with Crippen molar-refractivity contribution in [3.05, 3.63) is 34.8 Å². The van der Waals surface area contributed by atoms with Gasteiger partial charge in [0.1, 0.15) is 5.69 Å². The Morgan fingerprint density at radius 3 is 2.60 bits per heavy atom. The van der Waals surface area contributed by atoms with Crippen LogP contribution in [-0.4, -0.2) is 25.8 Å². The van der Waals surface area contributed by atoms with Gasteiger partial charge < -0.3 is 9.84 Å². The van der Waals surface area contributed by atoms with Crippen LogP contribution in [-0.2, 0) is 13.5 Å². The first-order valence-electron chi connectivity index (χ1n) is 6.34. The lowest BCUT2D eigenvalue weighted by atomic mass is 10.2. The molecule has 0 aromatic carbocycles. The predicted octanol–water partition coefficient (Wildman–Crippen LogP) is 2.48. The van der Waals surface area contributed by atoms with Crippen LogP contribution in [0, 0.1) is 13.8 Å². The molecule has 0 aliphatic heterocycles. The van der Waals surface area contributed by atoms with Crippen molar-refractivity contribution in [3.8, 4) is 11.6 Å². The molecule has 0 aliphatic rings. The van der Waals surface area contributed by atoms with Crippen molar-refractivity contribution in [3.63, 3.8) is 0 Å². The molecule has 1 N–H and O–H groups in total.